The van der Waals surface area contributed by atoms with Crippen molar-refractivity contribution in [2.24, 2.45) is 0 Å². The lowest BCUT2D eigenvalue weighted by Crippen LogP contribution is -2.60. The maximum atomic E-state index is 13.3. The van der Waals surface area contributed by atoms with Crippen LogP contribution in [0.4, 0.5) is 0 Å². The smallest absolute Gasteiger partial charge is 0.229 e. The van der Waals surface area contributed by atoms with Crippen LogP contribution >= 0.6 is 0 Å². The summed E-state index contributed by atoms with van der Waals surface area (Å²) >= 11 is 0. The van der Waals surface area contributed by atoms with Crippen molar-refractivity contribution in [3.63, 3.8) is 0 Å². The van der Waals surface area contributed by atoms with Gasteiger partial charge in [0.25, 0.3) is 0 Å². The summed E-state index contributed by atoms with van der Waals surface area (Å²) < 4.78 is 16.2. The fourth-order valence-corrected chi connectivity index (χ4v) is 3.96. The van der Waals surface area contributed by atoms with E-state index < -0.39 is 48.9 Å². The quantitative estimate of drug-likeness (QED) is 0.358. The molecule has 1 heterocycles. The Morgan fingerprint density at radius 3 is 2.28 bits per heavy atom. The normalized spacial score (nSPS) is 27.0. The minimum Gasteiger partial charge on any atom is -0.507 e. The average Bonchev–Trinajstić information content (AvgIpc) is 2.76. The number of aliphatic hydroxyl groups is 4. The molecule has 2 aromatic rings. The average molecular weight is 446 g/mol. The molecule has 10 nitrogen and oxygen atoms in total. The van der Waals surface area contributed by atoms with Crippen LogP contribution in [-0.4, -0.2) is 81.5 Å². The molecular formula is C22H22O10. The number of hydrogen-bond donors (Lipinski definition) is 5. The molecule has 0 radical (unpaired) electrons. The van der Waals surface area contributed by atoms with Crippen molar-refractivity contribution in [2.45, 2.75) is 37.6 Å². The third kappa shape index (κ3) is 3.42. The van der Waals surface area contributed by atoms with E-state index in [-0.39, 0.29) is 39.5 Å². The minimum atomic E-state index is -1.73. The zero-order chi connectivity index (χ0) is 23.3. The van der Waals surface area contributed by atoms with E-state index in [9.17, 15) is 35.1 Å². The van der Waals surface area contributed by atoms with Crippen molar-refractivity contribution in [1.82, 2.24) is 0 Å². The largest absolute Gasteiger partial charge is 0.507 e. The number of ketones is 2. The molecule has 170 valence electrons. The predicted molar refractivity (Wildman–Crippen MR) is 107 cm³/mol. The fraction of sp³-hybridized carbons (Fsp3) is 0.364. The van der Waals surface area contributed by atoms with Gasteiger partial charge in [-0.2, -0.15) is 0 Å². The predicted octanol–water partition coefficient (Wildman–Crippen LogP) is -0.337. The molecule has 0 unspecified atom stereocenters. The van der Waals surface area contributed by atoms with E-state index in [1.165, 1.54) is 31.4 Å². The van der Waals surface area contributed by atoms with Crippen LogP contribution in [0.2, 0.25) is 0 Å². The van der Waals surface area contributed by atoms with Gasteiger partial charge in [0, 0.05) is 17.2 Å². The highest BCUT2D eigenvalue weighted by Gasteiger charge is 2.45. The Morgan fingerprint density at radius 2 is 1.62 bits per heavy atom. The highest BCUT2D eigenvalue weighted by Crippen LogP contribution is 2.40. The Hall–Kier alpha value is -3.02. The first kappa shape index (κ1) is 22.2. The van der Waals surface area contributed by atoms with Crippen LogP contribution in [-0.2, 0) is 4.74 Å². The lowest BCUT2D eigenvalue weighted by atomic mass is 9.82. The van der Waals surface area contributed by atoms with Crippen molar-refractivity contribution in [2.75, 3.05) is 13.7 Å². The summed E-state index contributed by atoms with van der Waals surface area (Å²) in [6.07, 6.45) is -7.84. The van der Waals surface area contributed by atoms with Gasteiger partial charge in [-0.15, -0.1) is 0 Å². The molecule has 0 spiro atoms. The zero-order valence-corrected chi connectivity index (χ0v) is 17.2. The van der Waals surface area contributed by atoms with Gasteiger partial charge in [0.15, 0.2) is 5.78 Å². The summed E-state index contributed by atoms with van der Waals surface area (Å²) in [4.78, 5) is 26.5. The summed E-state index contributed by atoms with van der Waals surface area (Å²) in [7, 11) is 1.35. The highest BCUT2D eigenvalue weighted by atomic mass is 16.7. The number of carbonyl (C=O) groups excluding carboxylic acids is 2. The van der Waals surface area contributed by atoms with Crippen LogP contribution in [0.15, 0.2) is 24.3 Å². The summed E-state index contributed by atoms with van der Waals surface area (Å²) in [6.45, 7) is 1.01. The molecule has 5 atom stereocenters. The van der Waals surface area contributed by atoms with Crippen molar-refractivity contribution in [1.29, 1.82) is 0 Å². The molecule has 1 fully saturated rings. The van der Waals surface area contributed by atoms with Crippen LogP contribution in [0, 0.1) is 6.92 Å². The number of carbonyl (C=O) groups is 2. The van der Waals surface area contributed by atoms with Gasteiger partial charge in [-0.05, 0) is 30.7 Å². The Morgan fingerprint density at radius 1 is 0.938 bits per heavy atom. The van der Waals surface area contributed by atoms with Crippen LogP contribution in [0.25, 0.3) is 0 Å². The number of hydrogen-bond acceptors (Lipinski definition) is 10. The molecule has 2 aromatic carbocycles. The molecule has 0 aromatic heterocycles. The van der Waals surface area contributed by atoms with E-state index in [4.69, 9.17) is 14.2 Å². The van der Waals surface area contributed by atoms with Crippen LogP contribution in [0.3, 0.4) is 0 Å². The van der Waals surface area contributed by atoms with Gasteiger partial charge in [0.1, 0.15) is 41.7 Å². The van der Waals surface area contributed by atoms with E-state index >= 15 is 0 Å². The first-order chi connectivity index (χ1) is 15.2. The Kier molecular flexibility index (Phi) is 5.65. The van der Waals surface area contributed by atoms with Crippen LogP contribution < -0.4 is 9.47 Å². The molecule has 32 heavy (non-hydrogen) atoms. The lowest BCUT2D eigenvalue weighted by molar-refractivity contribution is -0.277. The molecule has 1 saturated heterocycles. The standard InChI is InChI=1S/C22H22O10/c1-8-3-10-15(12(24)4-8)19(27)16-11(17(10)25)5-9(30-2)6-13(16)31-22-21(29)20(28)18(26)14(7-23)32-22/h3-6,14,18,20-24,26,28-29H,7H2,1-2H3/t14-,18+,20+,21-,22-/m1/s1. The molecule has 1 aliphatic heterocycles. The molecule has 1 aliphatic carbocycles. The zero-order valence-electron chi connectivity index (χ0n) is 17.2. The summed E-state index contributed by atoms with van der Waals surface area (Å²) in [6, 6.07) is 5.51. The van der Waals surface area contributed by atoms with E-state index in [0.29, 0.717) is 5.56 Å². The van der Waals surface area contributed by atoms with E-state index in [2.05, 4.69) is 0 Å². The highest BCUT2D eigenvalue weighted by molar-refractivity contribution is 6.30. The maximum Gasteiger partial charge on any atom is 0.229 e. The maximum absolute atomic E-state index is 13.3. The molecule has 4 rings (SSSR count). The molecular weight excluding hydrogens is 424 g/mol. The summed E-state index contributed by atoms with van der Waals surface area (Å²) in [5.41, 5.74) is 0.223. The number of benzene rings is 2. The van der Waals surface area contributed by atoms with Gasteiger partial charge >= 0.3 is 0 Å². The molecule has 10 heteroatoms. The SMILES string of the molecule is COc1cc(O[C@@H]2O[C@H](CO)[C@H](O)[C@H](O)[C@H]2O)c2c(c1)C(=O)c1cc(C)cc(O)c1C2=O. The number of phenolic OH excluding ortho intramolecular Hbond substituents is 1. The second-order valence-corrected chi connectivity index (χ2v) is 7.73. The van der Waals surface area contributed by atoms with Crippen molar-refractivity contribution >= 4 is 11.6 Å². The molecule has 2 aliphatic rings. The second kappa shape index (κ2) is 8.15. The number of phenols is 1. The monoisotopic (exact) mass is 446 g/mol. The van der Waals surface area contributed by atoms with Crippen molar-refractivity contribution < 1.29 is 49.3 Å². The van der Waals surface area contributed by atoms with Gasteiger partial charge in [-0.3, -0.25) is 9.59 Å². The Labute approximate surface area is 182 Å². The molecule has 0 bridgehead atoms. The number of aliphatic hydroxyl groups excluding tert-OH is 4. The van der Waals surface area contributed by atoms with Gasteiger partial charge in [-0.1, -0.05) is 0 Å². The number of rotatable bonds is 4. The summed E-state index contributed by atoms with van der Waals surface area (Å²) in [5.74, 6) is -1.61. The topological polar surface area (TPSA) is 163 Å². The van der Waals surface area contributed by atoms with Gasteiger partial charge in [0.05, 0.1) is 24.8 Å². The van der Waals surface area contributed by atoms with Crippen molar-refractivity contribution in [3.8, 4) is 17.2 Å². The molecule has 5 N–H and O–H groups in total. The first-order valence-corrected chi connectivity index (χ1v) is 9.80. The van der Waals surface area contributed by atoms with Gasteiger partial charge in [0.2, 0.25) is 12.1 Å². The van der Waals surface area contributed by atoms with Gasteiger partial charge < -0.3 is 39.7 Å². The number of aromatic hydroxyl groups is 1. The van der Waals surface area contributed by atoms with Crippen LogP contribution in [0.5, 0.6) is 17.2 Å². The minimum absolute atomic E-state index is 0.0343. The van der Waals surface area contributed by atoms with E-state index in [1.807, 2.05) is 0 Å². The number of methoxy groups -OCH3 is 1. The van der Waals surface area contributed by atoms with Gasteiger partial charge in [-0.25, -0.2) is 0 Å². The third-order valence-electron chi connectivity index (χ3n) is 5.61. The van der Waals surface area contributed by atoms with Crippen LogP contribution in [0.1, 0.15) is 37.4 Å². The molecule has 0 saturated carbocycles. The summed E-state index contributed by atoms with van der Waals surface area (Å²) in [5, 5.41) is 50.0. The third-order valence-corrected chi connectivity index (χ3v) is 5.61. The van der Waals surface area contributed by atoms with E-state index in [0.717, 1.165) is 0 Å². The molecule has 0 amide bonds. The Balaban J connectivity index is 1.82. The first-order valence-electron chi connectivity index (χ1n) is 9.80. The fourth-order valence-electron chi connectivity index (χ4n) is 3.96. The number of ether oxygens (including phenoxy) is 3. The van der Waals surface area contributed by atoms with Crippen molar-refractivity contribution in [3.05, 3.63) is 52.1 Å². The Bertz CT molecular complexity index is 1090. The number of fused-ring (bicyclic) bond motifs is 2. The second-order valence-electron chi connectivity index (χ2n) is 7.73. The van der Waals surface area contributed by atoms with E-state index in [1.54, 1.807) is 6.92 Å². The lowest BCUT2D eigenvalue weighted by Gasteiger charge is -2.39. The number of aryl methyl sites for hydroxylation is 1.